The summed E-state index contributed by atoms with van der Waals surface area (Å²) in [6, 6.07) is 11.9. The molecule has 4 rings (SSSR count). The number of benzene rings is 2. The van der Waals surface area contributed by atoms with Crippen LogP contribution in [0.4, 0.5) is 4.39 Å². The third-order valence-corrected chi connectivity index (χ3v) is 6.05. The lowest BCUT2D eigenvalue weighted by Gasteiger charge is -2.41. The molecular weight excluding hydrogens is 409 g/mol. The largest absolute Gasteiger partial charge is 0.375 e. The maximum absolute atomic E-state index is 14.6. The molecule has 0 bridgehead atoms. The van der Waals surface area contributed by atoms with Crippen molar-refractivity contribution in [1.29, 1.82) is 0 Å². The highest BCUT2D eigenvalue weighted by Gasteiger charge is 2.35. The fraction of sp³-hybridized carbons (Fsp3) is 0.360. The van der Waals surface area contributed by atoms with E-state index in [1.165, 1.54) is 6.07 Å². The topological polar surface area (TPSA) is 74.4 Å². The number of rotatable bonds is 5. The smallest absolute Gasteiger partial charge is 0.256 e. The molecule has 168 valence electrons. The molecule has 1 aliphatic heterocycles. The molecule has 2 heterocycles. The van der Waals surface area contributed by atoms with Crippen molar-refractivity contribution in [3.05, 3.63) is 71.2 Å². The molecule has 2 amide bonds. The van der Waals surface area contributed by atoms with Gasteiger partial charge in [-0.1, -0.05) is 18.2 Å². The number of aromatic amines is 1. The van der Waals surface area contributed by atoms with Crippen LogP contribution in [-0.2, 0) is 11.3 Å². The van der Waals surface area contributed by atoms with E-state index >= 15 is 0 Å². The number of halogens is 1. The van der Waals surface area contributed by atoms with Crippen LogP contribution in [-0.4, -0.2) is 47.0 Å². The van der Waals surface area contributed by atoms with Crippen LogP contribution in [0.25, 0.3) is 10.9 Å². The van der Waals surface area contributed by atoms with Gasteiger partial charge in [-0.05, 0) is 56.5 Å². The Morgan fingerprint density at radius 1 is 1.22 bits per heavy atom. The van der Waals surface area contributed by atoms with Crippen molar-refractivity contribution in [1.82, 2.24) is 15.2 Å². The van der Waals surface area contributed by atoms with Crippen LogP contribution >= 0.6 is 0 Å². The lowest BCUT2D eigenvalue weighted by atomic mass is 9.92. The Morgan fingerprint density at radius 3 is 2.66 bits per heavy atom. The third kappa shape index (κ3) is 4.39. The second-order valence-corrected chi connectivity index (χ2v) is 8.83. The fourth-order valence-electron chi connectivity index (χ4n) is 4.40. The Morgan fingerprint density at radius 2 is 1.97 bits per heavy atom. The van der Waals surface area contributed by atoms with Gasteiger partial charge in [-0.3, -0.25) is 9.59 Å². The summed E-state index contributed by atoms with van der Waals surface area (Å²) in [5, 5.41) is 2.91. The van der Waals surface area contributed by atoms with Crippen molar-refractivity contribution in [3.8, 4) is 0 Å². The predicted molar refractivity (Wildman–Crippen MR) is 121 cm³/mol. The average Bonchev–Trinajstić information content (AvgIpc) is 3.22. The molecule has 1 atom stereocenters. The molecule has 6 nitrogen and oxygen atoms in total. The molecule has 0 spiro atoms. The Labute approximate surface area is 186 Å². The first-order chi connectivity index (χ1) is 15.3. The lowest BCUT2D eigenvalue weighted by Crippen LogP contribution is -2.48. The van der Waals surface area contributed by atoms with E-state index in [1.807, 2.05) is 30.9 Å². The fourth-order valence-corrected chi connectivity index (χ4v) is 4.40. The van der Waals surface area contributed by atoms with E-state index in [4.69, 9.17) is 4.74 Å². The number of aromatic nitrogens is 1. The Hall–Kier alpha value is -3.19. The number of carbonyl (C=O) groups is 2. The Balaban J connectivity index is 1.69. The maximum atomic E-state index is 14.6. The van der Waals surface area contributed by atoms with Crippen LogP contribution in [0, 0.1) is 5.82 Å². The summed E-state index contributed by atoms with van der Waals surface area (Å²) in [4.78, 5) is 30.4. The van der Waals surface area contributed by atoms with Gasteiger partial charge in [-0.2, -0.15) is 0 Å². The number of hydrogen-bond donors (Lipinski definition) is 2. The van der Waals surface area contributed by atoms with Crippen molar-refractivity contribution in [2.24, 2.45) is 0 Å². The molecule has 1 aromatic heterocycles. The zero-order chi connectivity index (χ0) is 22.9. The number of H-pyrrole nitrogens is 1. The van der Waals surface area contributed by atoms with Crippen molar-refractivity contribution in [3.63, 3.8) is 0 Å². The average molecular weight is 438 g/mol. The summed E-state index contributed by atoms with van der Waals surface area (Å²) >= 11 is 0. The van der Waals surface area contributed by atoms with E-state index in [0.29, 0.717) is 48.0 Å². The Kier molecular flexibility index (Phi) is 6.02. The summed E-state index contributed by atoms with van der Waals surface area (Å²) in [6.45, 7) is 4.95. The van der Waals surface area contributed by atoms with E-state index in [-0.39, 0.29) is 23.5 Å². The molecule has 7 heteroatoms. The van der Waals surface area contributed by atoms with E-state index in [1.54, 1.807) is 37.5 Å². The first-order valence-corrected chi connectivity index (χ1v) is 10.8. The van der Waals surface area contributed by atoms with E-state index in [9.17, 15) is 14.0 Å². The second-order valence-electron chi connectivity index (χ2n) is 8.83. The van der Waals surface area contributed by atoms with Crippen molar-refractivity contribution in [2.45, 2.75) is 44.9 Å². The lowest BCUT2D eigenvalue weighted by molar-refractivity contribution is -0.0792. The van der Waals surface area contributed by atoms with E-state index < -0.39 is 5.82 Å². The quantitative estimate of drug-likeness (QED) is 0.626. The van der Waals surface area contributed by atoms with Gasteiger partial charge < -0.3 is 19.9 Å². The Bertz CT molecular complexity index is 1140. The maximum Gasteiger partial charge on any atom is 0.256 e. The van der Waals surface area contributed by atoms with Crippen LogP contribution in [0.2, 0.25) is 0 Å². The number of nitrogens with one attached hydrogen (secondary N) is 2. The van der Waals surface area contributed by atoms with Crippen LogP contribution in [0.5, 0.6) is 0 Å². The minimum atomic E-state index is -0.422. The SMILES string of the molecule is CNC(=O)c1ccc(CN(C(=O)c2c[nH]c3cccc(F)c23)C2CCOC(C)(C)C2)cc1. The van der Waals surface area contributed by atoms with Gasteiger partial charge in [0.2, 0.25) is 0 Å². The number of carbonyl (C=O) groups excluding carboxylic acids is 2. The molecule has 3 aromatic rings. The zero-order valence-corrected chi connectivity index (χ0v) is 18.6. The van der Waals surface area contributed by atoms with Gasteiger partial charge in [-0.25, -0.2) is 4.39 Å². The van der Waals surface area contributed by atoms with Crippen molar-refractivity contribution in [2.75, 3.05) is 13.7 Å². The van der Waals surface area contributed by atoms with Gasteiger partial charge in [-0.15, -0.1) is 0 Å². The molecule has 0 aliphatic carbocycles. The minimum Gasteiger partial charge on any atom is -0.375 e. The zero-order valence-electron chi connectivity index (χ0n) is 18.6. The van der Waals surface area contributed by atoms with Crippen molar-refractivity contribution >= 4 is 22.7 Å². The summed E-state index contributed by atoms with van der Waals surface area (Å²) in [6.07, 6.45) is 2.97. The van der Waals surface area contributed by atoms with Crippen LogP contribution in [0.3, 0.4) is 0 Å². The van der Waals surface area contributed by atoms with Crippen molar-refractivity contribution < 1.29 is 18.7 Å². The molecule has 2 N–H and O–H groups in total. The standard InChI is InChI=1S/C25H28FN3O3/c1-25(2)13-18(11-12-32-25)29(15-16-7-9-17(10-8-16)23(30)27-3)24(31)19-14-28-21-6-4-5-20(26)22(19)21/h4-10,14,18,28H,11-13,15H2,1-3H3,(H,27,30). The highest BCUT2D eigenvalue weighted by molar-refractivity contribution is 6.07. The molecule has 1 fully saturated rings. The summed E-state index contributed by atoms with van der Waals surface area (Å²) < 4.78 is 20.5. The molecular formula is C25H28FN3O3. The first kappa shape index (κ1) is 22.0. The van der Waals surface area contributed by atoms with E-state index in [0.717, 1.165) is 5.56 Å². The number of nitrogens with zero attached hydrogens (tertiary/aromatic N) is 1. The van der Waals surface area contributed by atoms with Gasteiger partial charge in [0, 0.05) is 48.9 Å². The first-order valence-electron chi connectivity index (χ1n) is 10.8. The second kappa shape index (κ2) is 8.74. The van der Waals surface area contributed by atoms with Crippen LogP contribution in [0.1, 0.15) is 53.0 Å². The monoisotopic (exact) mass is 437 g/mol. The molecule has 1 aliphatic rings. The van der Waals surface area contributed by atoms with Gasteiger partial charge in [0.15, 0.2) is 0 Å². The molecule has 0 radical (unpaired) electrons. The van der Waals surface area contributed by atoms with Gasteiger partial charge in [0.05, 0.1) is 11.2 Å². The van der Waals surface area contributed by atoms with Gasteiger partial charge in [0.25, 0.3) is 11.8 Å². The third-order valence-electron chi connectivity index (χ3n) is 6.05. The molecule has 32 heavy (non-hydrogen) atoms. The molecule has 0 saturated carbocycles. The summed E-state index contributed by atoms with van der Waals surface area (Å²) in [5.41, 5.74) is 2.02. The van der Waals surface area contributed by atoms with Crippen LogP contribution < -0.4 is 5.32 Å². The number of amides is 2. The highest BCUT2D eigenvalue weighted by Crippen LogP contribution is 2.31. The minimum absolute atomic E-state index is 0.0541. The molecule has 1 unspecified atom stereocenters. The summed E-state index contributed by atoms with van der Waals surface area (Å²) in [7, 11) is 1.59. The summed E-state index contributed by atoms with van der Waals surface area (Å²) in [5.74, 6) is -0.807. The van der Waals surface area contributed by atoms with Crippen LogP contribution in [0.15, 0.2) is 48.7 Å². The van der Waals surface area contributed by atoms with E-state index in [2.05, 4.69) is 10.3 Å². The predicted octanol–water partition coefficient (Wildman–Crippen LogP) is 4.27. The normalized spacial score (nSPS) is 17.8. The molecule has 1 saturated heterocycles. The number of hydrogen-bond acceptors (Lipinski definition) is 3. The number of fused-ring (bicyclic) bond motifs is 1. The number of ether oxygens (including phenoxy) is 1. The molecule has 2 aromatic carbocycles. The van der Waals surface area contributed by atoms with Gasteiger partial charge >= 0.3 is 0 Å². The highest BCUT2D eigenvalue weighted by atomic mass is 19.1. The van der Waals surface area contributed by atoms with Gasteiger partial charge in [0.1, 0.15) is 5.82 Å².